The molecule has 0 amide bonds. The van der Waals surface area contributed by atoms with Crippen LogP contribution in [0.5, 0.6) is 0 Å². The van der Waals surface area contributed by atoms with E-state index in [1.165, 1.54) is 0 Å². The summed E-state index contributed by atoms with van der Waals surface area (Å²) in [5.41, 5.74) is 2.10. The molecule has 2 aromatic carbocycles. The minimum atomic E-state index is -0.128. The molecule has 2 aromatic heterocycles. The third kappa shape index (κ3) is 2.98. The minimum Gasteiger partial charge on any atom is -0.341 e. The molecule has 0 bridgehead atoms. The van der Waals surface area contributed by atoms with Gasteiger partial charge in [-0.25, -0.2) is 4.40 Å². The van der Waals surface area contributed by atoms with Gasteiger partial charge in [-0.3, -0.25) is 9.36 Å². The van der Waals surface area contributed by atoms with E-state index in [9.17, 15) is 10.1 Å². The molecule has 144 valence electrons. The van der Waals surface area contributed by atoms with Crippen molar-refractivity contribution in [3.05, 3.63) is 68.4 Å². The summed E-state index contributed by atoms with van der Waals surface area (Å²) in [5.74, 6) is 1.28. The number of anilines is 1. The van der Waals surface area contributed by atoms with Crippen molar-refractivity contribution in [1.29, 1.82) is 5.26 Å². The number of nitrogens with zero attached hydrogens (tertiary/aromatic N) is 6. The van der Waals surface area contributed by atoms with Gasteiger partial charge in [0, 0.05) is 17.6 Å². The van der Waals surface area contributed by atoms with Crippen molar-refractivity contribution in [2.75, 3.05) is 18.0 Å². The Morgan fingerprint density at radius 3 is 2.72 bits per heavy atom. The summed E-state index contributed by atoms with van der Waals surface area (Å²) in [6.45, 7) is 2.18. The highest BCUT2D eigenvalue weighted by Crippen LogP contribution is 2.25. The highest BCUT2D eigenvalue weighted by molar-refractivity contribution is 9.10. The number of hydrogen-bond acceptors (Lipinski definition) is 5. The SMILES string of the molecule is N#Cc1cccc(Cn2c(=O)c3cc(Br)ccc3n3c(N4CCCC4)nnc23)c1. The van der Waals surface area contributed by atoms with Crippen LogP contribution in [0.25, 0.3) is 16.7 Å². The molecule has 0 saturated carbocycles. The zero-order chi connectivity index (χ0) is 20.0. The molecule has 5 rings (SSSR count). The van der Waals surface area contributed by atoms with E-state index in [4.69, 9.17) is 0 Å². The van der Waals surface area contributed by atoms with Crippen LogP contribution < -0.4 is 10.5 Å². The lowest BCUT2D eigenvalue weighted by molar-refractivity contribution is 0.765. The molecule has 29 heavy (non-hydrogen) atoms. The van der Waals surface area contributed by atoms with Gasteiger partial charge in [-0.1, -0.05) is 28.1 Å². The van der Waals surface area contributed by atoms with Gasteiger partial charge in [0.1, 0.15) is 0 Å². The Balaban J connectivity index is 1.79. The van der Waals surface area contributed by atoms with Gasteiger partial charge < -0.3 is 4.90 Å². The number of rotatable bonds is 3. The van der Waals surface area contributed by atoms with E-state index in [0.29, 0.717) is 23.3 Å². The first-order valence-electron chi connectivity index (χ1n) is 9.47. The van der Waals surface area contributed by atoms with Crippen LogP contribution in [0.15, 0.2) is 51.7 Å². The molecule has 1 saturated heterocycles. The highest BCUT2D eigenvalue weighted by atomic mass is 79.9. The maximum absolute atomic E-state index is 13.4. The van der Waals surface area contributed by atoms with Crippen molar-refractivity contribution in [2.45, 2.75) is 19.4 Å². The first-order chi connectivity index (χ1) is 14.2. The molecule has 3 heterocycles. The van der Waals surface area contributed by atoms with Crippen molar-refractivity contribution in [3.63, 3.8) is 0 Å². The topological polar surface area (TPSA) is 79.2 Å². The second-order valence-electron chi connectivity index (χ2n) is 7.19. The Labute approximate surface area is 174 Å². The summed E-state index contributed by atoms with van der Waals surface area (Å²) >= 11 is 3.48. The Bertz CT molecular complexity index is 1340. The van der Waals surface area contributed by atoms with Crippen molar-refractivity contribution in [1.82, 2.24) is 19.2 Å². The maximum atomic E-state index is 13.4. The van der Waals surface area contributed by atoms with Crippen molar-refractivity contribution in [2.24, 2.45) is 0 Å². The molecule has 1 aliphatic rings. The number of nitriles is 1. The van der Waals surface area contributed by atoms with Crippen molar-refractivity contribution in [3.8, 4) is 6.07 Å². The van der Waals surface area contributed by atoms with E-state index in [1.807, 2.05) is 34.7 Å². The predicted molar refractivity (Wildman–Crippen MR) is 114 cm³/mol. The van der Waals surface area contributed by atoms with Gasteiger partial charge in [0.15, 0.2) is 0 Å². The normalized spacial score (nSPS) is 14.0. The number of hydrogen-bond donors (Lipinski definition) is 0. The van der Waals surface area contributed by atoms with E-state index in [2.05, 4.69) is 37.1 Å². The highest BCUT2D eigenvalue weighted by Gasteiger charge is 2.22. The second-order valence-corrected chi connectivity index (χ2v) is 8.11. The second kappa shape index (κ2) is 7.01. The van der Waals surface area contributed by atoms with Gasteiger partial charge in [0.2, 0.25) is 11.7 Å². The van der Waals surface area contributed by atoms with Crippen LogP contribution in [-0.4, -0.2) is 32.3 Å². The molecule has 0 N–H and O–H groups in total. The van der Waals surface area contributed by atoms with Gasteiger partial charge in [-0.05, 0) is 48.7 Å². The average molecular weight is 449 g/mol. The van der Waals surface area contributed by atoms with Crippen LogP contribution in [0.1, 0.15) is 24.0 Å². The van der Waals surface area contributed by atoms with Gasteiger partial charge in [0.05, 0.1) is 29.1 Å². The summed E-state index contributed by atoms with van der Waals surface area (Å²) < 4.78 is 4.45. The van der Waals surface area contributed by atoms with Gasteiger partial charge in [0.25, 0.3) is 5.56 Å². The number of fused-ring (bicyclic) bond motifs is 3. The van der Waals surface area contributed by atoms with Gasteiger partial charge in [-0.15, -0.1) is 10.2 Å². The summed E-state index contributed by atoms with van der Waals surface area (Å²) in [7, 11) is 0. The summed E-state index contributed by atoms with van der Waals surface area (Å²) in [6.07, 6.45) is 2.25. The molecule has 1 aliphatic heterocycles. The molecule has 0 aliphatic carbocycles. The average Bonchev–Trinajstić information content (AvgIpc) is 3.41. The largest absolute Gasteiger partial charge is 0.341 e. The summed E-state index contributed by atoms with van der Waals surface area (Å²) in [5, 5.41) is 18.6. The Morgan fingerprint density at radius 2 is 1.93 bits per heavy atom. The van der Waals surface area contributed by atoms with Crippen LogP contribution in [0.4, 0.5) is 5.95 Å². The molecular weight excluding hydrogens is 432 g/mol. The smallest absolute Gasteiger partial charge is 0.263 e. The zero-order valence-electron chi connectivity index (χ0n) is 15.5. The van der Waals surface area contributed by atoms with Gasteiger partial charge in [-0.2, -0.15) is 5.26 Å². The van der Waals surface area contributed by atoms with E-state index in [1.54, 1.807) is 16.7 Å². The minimum absolute atomic E-state index is 0.128. The number of benzene rings is 2. The maximum Gasteiger partial charge on any atom is 0.263 e. The Kier molecular flexibility index (Phi) is 4.32. The van der Waals surface area contributed by atoms with E-state index < -0.39 is 0 Å². The molecule has 0 unspecified atom stereocenters. The monoisotopic (exact) mass is 448 g/mol. The van der Waals surface area contributed by atoms with Crippen LogP contribution >= 0.6 is 15.9 Å². The van der Waals surface area contributed by atoms with Crippen LogP contribution in [-0.2, 0) is 6.54 Å². The van der Waals surface area contributed by atoms with E-state index in [0.717, 1.165) is 47.4 Å². The lowest BCUT2D eigenvalue weighted by atomic mass is 10.1. The summed E-state index contributed by atoms with van der Waals surface area (Å²) in [4.78, 5) is 15.6. The number of halogens is 1. The molecule has 0 radical (unpaired) electrons. The van der Waals surface area contributed by atoms with Crippen molar-refractivity contribution >= 4 is 38.6 Å². The molecule has 8 heteroatoms. The molecular formula is C21H17BrN6O. The number of aromatic nitrogens is 4. The van der Waals surface area contributed by atoms with E-state index in [-0.39, 0.29) is 5.56 Å². The molecule has 1 fully saturated rings. The summed E-state index contributed by atoms with van der Waals surface area (Å²) in [6, 6.07) is 15.1. The predicted octanol–water partition coefficient (Wildman–Crippen LogP) is 3.33. The van der Waals surface area contributed by atoms with E-state index >= 15 is 0 Å². The fourth-order valence-electron chi connectivity index (χ4n) is 3.96. The first kappa shape index (κ1) is 17.9. The fraction of sp³-hybridized carbons (Fsp3) is 0.238. The first-order valence-corrected chi connectivity index (χ1v) is 10.3. The van der Waals surface area contributed by atoms with Crippen LogP contribution in [0, 0.1) is 11.3 Å². The zero-order valence-corrected chi connectivity index (χ0v) is 17.1. The van der Waals surface area contributed by atoms with Crippen molar-refractivity contribution < 1.29 is 0 Å². The Hall–Kier alpha value is -3.18. The Morgan fingerprint density at radius 1 is 1.10 bits per heavy atom. The fourth-order valence-corrected chi connectivity index (χ4v) is 4.32. The molecule has 0 spiro atoms. The molecule has 0 atom stereocenters. The lowest BCUT2D eigenvalue weighted by Crippen LogP contribution is -2.26. The third-order valence-electron chi connectivity index (χ3n) is 5.33. The quantitative estimate of drug-likeness (QED) is 0.480. The van der Waals surface area contributed by atoms with Crippen LogP contribution in [0.2, 0.25) is 0 Å². The van der Waals surface area contributed by atoms with Gasteiger partial charge >= 0.3 is 0 Å². The van der Waals surface area contributed by atoms with Crippen LogP contribution in [0.3, 0.4) is 0 Å². The lowest BCUT2D eigenvalue weighted by Gasteiger charge is -2.17. The third-order valence-corrected chi connectivity index (χ3v) is 5.82. The molecule has 4 aromatic rings. The molecule has 7 nitrogen and oxygen atoms in total. The standard InChI is InChI=1S/C21H17BrN6O/c22-16-6-7-18-17(11-16)19(29)27(13-15-5-3-4-14(10-15)12-23)21-25-24-20(28(18)21)26-8-1-2-9-26/h3-7,10-11H,1-2,8-9,13H2.